The normalized spacial score (nSPS) is 13.0. The van der Waals surface area contributed by atoms with Gasteiger partial charge in [0.15, 0.2) is 0 Å². The fourth-order valence-electron chi connectivity index (χ4n) is 2.35. The fourth-order valence-corrected chi connectivity index (χ4v) is 4.11. The number of ether oxygens (including phenoxy) is 2. The van der Waals surface area contributed by atoms with Crippen molar-refractivity contribution in [3.8, 4) is 5.75 Å². The van der Waals surface area contributed by atoms with Gasteiger partial charge < -0.3 is 9.47 Å². The molecule has 0 amide bonds. The van der Waals surface area contributed by atoms with Crippen LogP contribution in [0, 0.1) is 0 Å². The van der Waals surface area contributed by atoms with Crippen LogP contribution in [0.25, 0.3) is 0 Å². The van der Waals surface area contributed by atoms with Crippen molar-refractivity contribution in [1.82, 2.24) is 0 Å². The van der Waals surface area contributed by atoms with Crippen molar-refractivity contribution in [2.75, 3.05) is 0 Å². The molecule has 1 aliphatic rings. The van der Waals surface area contributed by atoms with E-state index in [4.69, 9.17) is 9.47 Å². The molecule has 0 radical (unpaired) electrons. The van der Waals surface area contributed by atoms with Gasteiger partial charge in [0.05, 0.1) is 4.90 Å². The van der Waals surface area contributed by atoms with Crippen LogP contribution in [0.2, 0.25) is 0 Å². The van der Waals surface area contributed by atoms with Gasteiger partial charge in [-0.15, -0.1) is 0 Å². The second-order valence-corrected chi connectivity index (χ2v) is 8.21. The van der Waals surface area contributed by atoms with Gasteiger partial charge in [-0.1, -0.05) is 45.9 Å². The molecule has 3 rings (SSSR count). The van der Waals surface area contributed by atoms with E-state index >= 15 is 0 Å². The Balaban J connectivity index is 1.92. The van der Waals surface area contributed by atoms with Gasteiger partial charge in [0.1, 0.15) is 11.4 Å². The van der Waals surface area contributed by atoms with Crippen molar-refractivity contribution in [1.29, 1.82) is 0 Å². The lowest BCUT2D eigenvalue weighted by Gasteiger charge is -2.23. The van der Waals surface area contributed by atoms with Crippen molar-refractivity contribution < 1.29 is 14.3 Å². The van der Waals surface area contributed by atoms with Crippen LogP contribution in [0.3, 0.4) is 0 Å². The summed E-state index contributed by atoms with van der Waals surface area (Å²) < 4.78 is 11.7. The van der Waals surface area contributed by atoms with Crippen molar-refractivity contribution in [2.45, 2.75) is 42.6 Å². The SMILES string of the molecule is CC(C)(C)OC(=O)Oc1ccc(Br)c2c1Sc1ccccc1C2. The monoisotopic (exact) mass is 392 g/mol. The minimum atomic E-state index is -0.679. The van der Waals surface area contributed by atoms with Crippen molar-refractivity contribution in [2.24, 2.45) is 0 Å². The Bertz CT molecular complexity index is 765. The molecular weight excluding hydrogens is 376 g/mol. The number of halogens is 1. The van der Waals surface area contributed by atoms with Gasteiger partial charge in [-0.2, -0.15) is 0 Å². The number of hydrogen-bond acceptors (Lipinski definition) is 4. The largest absolute Gasteiger partial charge is 0.514 e. The van der Waals surface area contributed by atoms with Gasteiger partial charge in [0.2, 0.25) is 0 Å². The molecule has 2 aromatic rings. The molecule has 3 nitrogen and oxygen atoms in total. The summed E-state index contributed by atoms with van der Waals surface area (Å²) in [5.74, 6) is 0.539. The van der Waals surface area contributed by atoms with Gasteiger partial charge in [0, 0.05) is 15.8 Å². The third-order valence-electron chi connectivity index (χ3n) is 3.30. The zero-order chi connectivity index (χ0) is 16.6. The molecule has 23 heavy (non-hydrogen) atoms. The van der Waals surface area contributed by atoms with Gasteiger partial charge >= 0.3 is 6.16 Å². The molecule has 2 aromatic carbocycles. The lowest BCUT2D eigenvalue weighted by atomic mass is 10.0. The number of carbonyl (C=O) groups is 1. The minimum absolute atomic E-state index is 0.539. The highest BCUT2D eigenvalue weighted by Crippen LogP contribution is 2.46. The Morgan fingerprint density at radius 3 is 2.65 bits per heavy atom. The lowest BCUT2D eigenvalue weighted by Crippen LogP contribution is -2.26. The summed E-state index contributed by atoms with van der Waals surface area (Å²) in [6.45, 7) is 5.45. The van der Waals surface area contributed by atoms with E-state index in [1.807, 2.05) is 39.0 Å². The van der Waals surface area contributed by atoms with E-state index in [9.17, 15) is 4.79 Å². The molecule has 1 heterocycles. The summed E-state index contributed by atoms with van der Waals surface area (Å²) >= 11 is 5.22. The summed E-state index contributed by atoms with van der Waals surface area (Å²) in [6.07, 6.45) is 0.131. The van der Waals surface area contributed by atoms with Crippen LogP contribution in [0.5, 0.6) is 5.75 Å². The first-order chi connectivity index (χ1) is 10.8. The van der Waals surface area contributed by atoms with Gasteiger partial charge in [-0.25, -0.2) is 4.79 Å². The highest BCUT2D eigenvalue weighted by Gasteiger charge is 2.25. The second kappa shape index (κ2) is 6.21. The first-order valence-electron chi connectivity index (χ1n) is 7.31. The molecule has 0 N–H and O–H groups in total. The molecule has 0 atom stereocenters. The highest BCUT2D eigenvalue weighted by atomic mass is 79.9. The summed E-state index contributed by atoms with van der Waals surface area (Å²) in [6, 6.07) is 12.0. The Morgan fingerprint density at radius 2 is 1.91 bits per heavy atom. The standard InChI is InChI=1S/C18H17BrO3S/c1-18(2,3)22-17(20)21-14-9-8-13(19)12-10-11-6-4-5-7-15(11)23-16(12)14/h4-9H,10H2,1-3H3. The molecule has 5 heteroatoms. The van der Waals surface area contributed by atoms with Crippen LogP contribution in [0.1, 0.15) is 31.9 Å². The van der Waals surface area contributed by atoms with E-state index in [1.54, 1.807) is 17.8 Å². The molecule has 0 saturated heterocycles. The molecule has 0 aromatic heterocycles. The maximum atomic E-state index is 12.0. The summed E-state index contributed by atoms with van der Waals surface area (Å²) in [5, 5.41) is 0. The van der Waals surface area contributed by atoms with E-state index in [0.29, 0.717) is 5.75 Å². The lowest BCUT2D eigenvalue weighted by molar-refractivity contribution is 0.0200. The number of benzene rings is 2. The zero-order valence-electron chi connectivity index (χ0n) is 13.2. The Hall–Kier alpha value is -1.46. The molecular formula is C18H17BrO3S. The maximum absolute atomic E-state index is 12.0. The molecule has 0 spiro atoms. The van der Waals surface area contributed by atoms with E-state index in [1.165, 1.54) is 10.5 Å². The third kappa shape index (κ3) is 3.72. The number of rotatable bonds is 1. The Labute approximate surface area is 148 Å². The first-order valence-corrected chi connectivity index (χ1v) is 8.92. The number of fused-ring (bicyclic) bond motifs is 2. The fraction of sp³-hybridized carbons (Fsp3) is 0.278. The molecule has 0 bridgehead atoms. The quantitative estimate of drug-likeness (QED) is 0.386. The van der Waals surface area contributed by atoms with E-state index < -0.39 is 11.8 Å². The topological polar surface area (TPSA) is 35.5 Å². The van der Waals surface area contributed by atoms with Crippen molar-refractivity contribution >= 4 is 33.8 Å². The van der Waals surface area contributed by atoms with Gasteiger partial charge in [-0.05, 0) is 50.1 Å². The summed E-state index contributed by atoms with van der Waals surface area (Å²) in [7, 11) is 0. The van der Waals surface area contributed by atoms with Crippen molar-refractivity contribution in [3.63, 3.8) is 0 Å². The van der Waals surface area contributed by atoms with Crippen LogP contribution in [0.15, 0.2) is 50.7 Å². The second-order valence-electron chi connectivity index (χ2n) is 6.31. The molecule has 0 aliphatic carbocycles. The minimum Gasteiger partial charge on any atom is -0.428 e. The van der Waals surface area contributed by atoms with Crippen LogP contribution >= 0.6 is 27.7 Å². The average molecular weight is 393 g/mol. The number of carbonyl (C=O) groups excluding carboxylic acids is 1. The predicted octanol–water partition coefficient (Wildman–Crippen LogP) is 5.82. The predicted molar refractivity (Wildman–Crippen MR) is 94.4 cm³/mol. The van der Waals surface area contributed by atoms with Crippen LogP contribution in [0.4, 0.5) is 4.79 Å². The smallest absolute Gasteiger partial charge is 0.428 e. The molecule has 0 unspecified atom stereocenters. The maximum Gasteiger partial charge on any atom is 0.514 e. The van der Waals surface area contributed by atoms with E-state index in [0.717, 1.165) is 21.4 Å². The Kier molecular flexibility index (Phi) is 4.43. The summed E-state index contributed by atoms with van der Waals surface area (Å²) in [4.78, 5) is 14.1. The zero-order valence-corrected chi connectivity index (χ0v) is 15.6. The van der Waals surface area contributed by atoms with Crippen molar-refractivity contribution in [3.05, 3.63) is 52.0 Å². The van der Waals surface area contributed by atoms with Gasteiger partial charge in [-0.3, -0.25) is 0 Å². The molecule has 1 aliphatic heterocycles. The van der Waals surface area contributed by atoms with Crippen LogP contribution in [-0.2, 0) is 11.2 Å². The molecule has 0 saturated carbocycles. The first kappa shape index (κ1) is 16.4. The van der Waals surface area contributed by atoms with E-state index in [2.05, 4.69) is 28.1 Å². The van der Waals surface area contributed by atoms with Crippen LogP contribution in [-0.4, -0.2) is 11.8 Å². The van der Waals surface area contributed by atoms with E-state index in [-0.39, 0.29) is 0 Å². The van der Waals surface area contributed by atoms with Crippen LogP contribution < -0.4 is 4.74 Å². The molecule has 120 valence electrons. The summed E-state index contributed by atoms with van der Waals surface area (Å²) in [5.41, 5.74) is 1.83. The highest BCUT2D eigenvalue weighted by molar-refractivity contribution is 9.10. The number of hydrogen-bond donors (Lipinski definition) is 0. The van der Waals surface area contributed by atoms with Gasteiger partial charge in [0.25, 0.3) is 0 Å². The molecule has 0 fully saturated rings. The average Bonchev–Trinajstić information content (AvgIpc) is 2.47. The Morgan fingerprint density at radius 1 is 1.17 bits per heavy atom. The third-order valence-corrected chi connectivity index (χ3v) is 5.31.